The van der Waals surface area contributed by atoms with Crippen LogP contribution in [-0.2, 0) is 0 Å². The van der Waals surface area contributed by atoms with Gasteiger partial charge in [0.2, 0.25) is 0 Å². The van der Waals surface area contributed by atoms with Crippen LogP contribution in [0.4, 0.5) is 8.78 Å². The number of aromatic nitrogens is 2. The number of imidazole rings is 1. The van der Waals surface area contributed by atoms with Crippen molar-refractivity contribution in [3.8, 4) is 0 Å². The lowest BCUT2D eigenvalue weighted by atomic mass is 10.2. The zero-order chi connectivity index (χ0) is 9.47. The number of halogens is 3. The standard InChI is InChI=1S/C7H8F2IN3/c8-7(9)1-4(12-3-7)6-11-2-5(10)13-6/h2,4,12H,1,3H2,(H,11,13). The van der Waals surface area contributed by atoms with Gasteiger partial charge in [-0.05, 0) is 22.6 Å². The van der Waals surface area contributed by atoms with E-state index in [0.717, 1.165) is 3.70 Å². The van der Waals surface area contributed by atoms with E-state index in [4.69, 9.17) is 0 Å². The lowest BCUT2D eigenvalue weighted by Crippen LogP contribution is -2.19. The molecule has 0 radical (unpaired) electrons. The molecule has 2 rings (SSSR count). The molecule has 1 saturated heterocycles. The average molecular weight is 299 g/mol. The zero-order valence-electron chi connectivity index (χ0n) is 6.65. The minimum Gasteiger partial charge on any atom is -0.336 e. The van der Waals surface area contributed by atoms with Gasteiger partial charge in [0.15, 0.2) is 0 Å². The van der Waals surface area contributed by atoms with Gasteiger partial charge in [0.1, 0.15) is 5.82 Å². The summed E-state index contributed by atoms with van der Waals surface area (Å²) in [5.41, 5.74) is 0. The molecule has 0 saturated carbocycles. The van der Waals surface area contributed by atoms with Crippen molar-refractivity contribution in [1.82, 2.24) is 15.3 Å². The number of hydrogen-bond acceptors (Lipinski definition) is 2. The fourth-order valence-corrected chi connectivity index (χ4v) is 1.81. The smallest absolute Gasteiger partial charge is 0.262 e. The first kappa shape index (κ1) is 9.32. The maximum absolute atomic E-state index is 12.8. The summed E-state index contributed by atoms with van der Waals surface area (Å²) in [6, 6.07) is -0.335. The van der Waals surface area contributed by atoms with Crippen LogP contribution in [-0.4, -0.2) is 22.4 Å². The Morgan fingerprint density at radius 3 is 2.85 bits per heavy atom. The third-order valence-corrected chi connectivity index (χ3v) is 2.55. The van der Waals surface area contributed by atoms with Crippen molar-refractivity contribution < 1.29 is 8.78 Å². The Balaban J connectivity index is 2.12. The van der Waals surface area contributed by atoms with E-state index in [0.29, 0.717) is 5.82 Å². The highest BCUT2D eigenvalue weighted by Gasteiger charge is 2.40. The van der Waals surface area contributed by atoms with Crippen LogP contribution in [0.15, 0.2) is 6.20 Å². The largest absolute Gasteiger partial charge is 0.336 e. The summed E-state index contributed by atoms with van der Waals surface area (Å²) in [4.78, 5) is 6.94. The van der Waals surface area contributed by atoms with Crippen molar-refractivity contribution in [2.24, 2.45) is 0 Å². The van der Waals surface area contributed by atoms with E-state index >= 15 is 0 Å². The second kappa shape index (κ2) is 3.16. The Morgan fingerprint density at radius 2 is 2.38 bits per heavy atom. The van der Waals surface area contributed by atoms with Gasteiger partial charge >= 0.3 is 0 Å². The number of alkyl halides is 2. The van der Waals surface area contributed by atoms with Gasteiger partial charge in [-0.1, -0.05) is 0 Å². The van der Waals surface area contributed by atoms with Gasteiger partial charge in [0, 0.05) is 6.42 Å². The molecule has 1 aliphatic heterocycles. The lowest BCUT2D eigenvalue weighted by molar-refractivity contribution is 0.0208. The van der Waals surface area contributed by atoms with E-state index in [1.165, 1.54) is 0 Å². The summed E-state index contributed by atoms with van der Waals surface area (Å²) in [6.45, 7) is -0.255. The Hall–Kier alpha value is -0.240. The van der Waals surface area contributed by atoms with Crippen LogP contribution in [0.1, 0.15) is 18.3 Å². The van der Waals surface area contributed by atoms with Crippen LogP contribution in [0.2, 0.25) is 0 Å². The van der Waals surface area contributed by atoms with Gasteiger partial charge in [0.25, 0.3) is 5.92 Å². The SMILES string of the molecule is FC1(F)CNC(c2ncc(I)[nH]2)C1. The van der Waals surface area contributed by atoms with E-state index < -0.39 is 5.92 Å². The Kier molecular flexibility index (Phi) is 2.26. The first-order chi connectivity index (χ1) is 6.07. The number of rotatable bonds is 1. The maximum Gasteiger partial charge on any atom is 0.262 e. The molecule has 2 N–H and O–H groups in total. The molecule has 0 aromatic carbocycles. The van der Waals surface area contributed by atoms with Gasteiger partial charge in [-0.3, -0.25) is 0 Å². The number of H-pyrrole nitrogens is 1. The molecule has 1 atom stereocenters. The van der Waals surface area contributed by atoms with Crippen LogP contribution in [0.3, 0.4) is 0 Å². The Morgan fingerprint density at radius 1 is 1.62 bits per heavy atom. The van der Waals surface area contributed by atoms with Gasteiger partial charge in [0.05, 0.1) is 22.5 Å². The van der Waals surface area contributed by atoms with Gasteiger partial charge in [-0.2, -0.15) is 0 Å². The summed E-state index contributed by atoms with van der Waals surface area (Å²) in [6.07, 6.45) is 1.46. The molecule has 13 heavy (non-hydrogen) atoms. The fourth-order valence-electron chi connectivity index (χ4n) is 1.40. The van der Waals surface area contributed by atoms with Crippen molar-refractivity contribution in [3.63, 3.8) is 0 Å². The molecule has 0 amide bonds. The first-order valence-electron chi connectivity index (χ1n) is 3.88. The maximum atomic E-state index is 12.8. The van der Waals surface area contributed by atoms with Gasteiger partial charge < -0.3 is 10.3 Å². The Bertz CT molecular complexity index is 312. The normalized spacial score (nSPS) is 26.5. The monoisotopic (exact) mass is 299 g/mol. The van der Waals surface area contributed by atoms with Crippen molar-refractivity contribution in [3.05, 3.63) is 15.7 Å². The molecule has 1 aliphatic rings. The van der Waals surface area contributed by atoms with Crippen molar-refractivity contribution in [2.75, 3.05) is 6.54 Å². The summed E-state index contributed by atoms with van der Waals surface area (Å²) < 4.78 is 26.4. The second-order valence-corrected chi connectivity index (χ2v) is 4.27. The lowest BCUT2D eigenvalue weighted by Gasteiger charge is -2.06. The van der Waals surface area contributed by atoms with Crippen molar-refractivity contribution >= 4 is 22.6 Å². The number of nitrogens with zero attached hydrogens (tertiary/aromatic N) is 1. The molecule has 0 aliphatic carbocycles. The molecule has 1 aromatic heterocycles. The first-order valence-corrected chi connectivity index (χ1v) is 4.96. The van der Waals surface area contributed by atoms with Crippen LogP contribution in [0.5, 0.6) is 0 Å². The summed E-state index contributed by atoms with van der Waals surface area (Å²) in [7, 11) is 0. The number of nitrogens with one attached hydrogen (secondary N) is 2. The molecule has 1 unspecified atom stereocenters. The Labute approximate surface area is 87.5 Å². The highest BCUT2D eigenvalue weighted by atomic mass is 127. The van der Waals surface area contributed by atoms with Crippen molar-refractivity contribution in [2.45, 2.75) is 18.4 Å². The molecule has 6 heteroatoms. The predicted octanol–water partition coefficient (Wildman–Crippen LogP) is 1.68. The third-order valence-electron chi connectivity index (χ3n) is 2.00. The highest BCUT2D eigenvalue weighted by molar-refractivity contribution is 14.1. The van der Waals surface area contributed by atoms with Crippen LogP contribution in [0, 0.1) is 3.70 Å². The number of hydrogen-bond donors (Lipinski definition) is 2. The topological polar surface area (TPSA) is 40.7 Å². The third kappa shape index (κ3) is 1.98. The van der Waals surface area contributed by atoms with Crippen molar-refractivity contribution in [1.29, 1.82) is 0 Å². The summed E-state index contributed by atoms with van der Waals surface area (Å²) in [5.74, 6) is -2.00. The predicted molar refractivity (Wildman–Crippen MR) is 51.6 cm³/mol. The van der Waals surface area contributed by atoms with Crippen LogP contribution in [0.25, 0.3) is 0 Å². The summed E-state index contributed by atoms with van der Waals surface area (Å²) in [5, 5.41) is 2.73. The molecule has 0 bridgehead atoms. The minimum atomic E-state index is -2.59. The van der Waals surface area contributed by atoms with Crippen LogP contribution >= 0.6 is 22.6 Å². The molecular weight excluding hydrogens is 291 g/mol. The van der Waals surface area contributed by atoms with E-state index in [2.05, 4.69) is 37.9 Å². The quantitative estimate of drug-likeness (QED) is 0.775. The van der Waals surface area contributed by atoms with E-state index in [1.807, 2.05) is 0 Å². The summed E-state index contributed by atoms with van der Waals surface area (Å²) >= 11 is 2.06. The van der Waals surface area contributed by atoms with Gasteiger partial charge in [-0.15, -0.1) is 0 Å². The van der Waals surface area contributed by atoms with Gasteiger partial charge in [-0.25, -0.2) is 13.8 Å². The van der Waals surface area contributed by atoms with E-state index in [-0.39, 0.29) is 19.0 Å². The molecule has 0 spiro atoms. The van der Waals surface area contributed by atoms with Crippen LogP contribution < -0.4 is 5.32 Å². The van der Waals surface area contributed by atoms with E-state index in [1.54, 1.807) is 6.20 Å². The second-order valence-electron chi connectivity index (χ2n) is 3.11. The minimum absolute atomic E-state index is 0.170. The molecule has 1 fully saturated rings. The fraction of sp³-hybridized carbons (Fsp3) is 0.571. The molecule has 1 aromatic rings. The van der Waals surface area contributed by atoms with E-state index in [9.17, 15) is 8.78 Å². The number of aromatic amines is 1. The molecule has 3 nitrogen and oxygen atoms in total. The highest BCUT2D eigenvalue weighted by Crippen LogP contribution is 2.32. The average Bonchev–Trinajstić information content (AvgIpc) is 2.56. The molecular formula is C7H8F2IN3. The molecule has 72 valence electrons. The zero-order valence-corrected chi connectivity index (χ0v) is 8.81. The molecule has 2 heterocycles.